The number of hydrogen-bond acceptors (Lipinski definition) is 6. The van der Waals surface area contributed by atoms with Crippen LogP contribution in [0.5, 0.6) is 5.88 Å². The van der Waals surface area contributed by atoms with Gasteiger partial charge in [0.25, 0.3) is 5.88 Å². The minimum Gasteiger partial charge on any atom is -0.466 e. The number of ether oxygens (including phenoxy) is 2. The van der Waals surface area contributed by atoms with Gasteiger partial charge in [-0.2, -0.15) is 0 Å². The predicted molar refractivity (Wildman–Crippen MR) is 78.1 cm³/mol. The van der Waals surface area contributed by atoms with E-state index in [0.717, 1.165) is 0 Å². The highest BCUT2D eigenvalue weighted by Gasteiger charge is 2.36. The van der Waals surface area contributed by atoms with Gasteiger partial charge in [-0.15, -0.1) is 0 Å². The van der Waals surface area contributed by atoms with Crippen LogP contribution in [0.2, 0.25) is 5.02 Å². The van der Waals surface area contributed by atoms with Crippen molar-refractivity contribution in [2.24, 2.45) is 0 Å². The maximum atomic E-state index is 11.8. The summed E-state index contributed by atoms with van der Waals surface area (Å²) in [5, 5.41) is 11.1. The minimum absolute atomic E-state index is 0.108. The monoisotopic (exact) mass is 329 g/mol. The van der Waals surface area contributed by atoms with Gasteiger partial charge in [0, 0.05) is 6.07 Å². The number of amides is 1. The van der Waals surface area contributed by atoms with Crippen molar-refractivity contribution in [3.63, 3.8) is 0 Å². The highest BCUT2D eigenvalue weighted by Crippen LogP contribution is 2.29. The first-order chi connectivity index (χ1) is 10.2. The van der Waals surface area contributed by atoms with Crippen LogP contribution >= 0.6 is 11.6 Å². The van der Waals surface area contributed by atoms with Crippen molar-refractivity contribution in [2.45, 2.75) is 32.5 Å². The zero-order valence-corrected chi connectivity index (χ0v) is 13.2. The Labute approximate surface area is 132 Å². The third-order valence-electron chi connectivity index (χ3n) is 2.77. The number of halogens is 1. The Morgan fingerprint density at radius 1 is 1.50 bits per heavy atom. The SMILES string of the molecule is CC(C)(C)OC(=O)N1CC(Oc2ncc(Cl)cc2[N+](=O)[O-])C1. The van der Waals surface area contributed by atoms with E-state index in [0.29, 0.717) is 0 Å². The Balaban J connectivity index is 1.93. The topological polar surface area (TPSA) is 94.8 Å². The number of carbonyl (C=O) groups is 1. The average molecular weight is 330 g/mol. The summed E-state index contributed by atoms with van der Waals surface area (Å²) in [4.78, 5) is 27.4. The highest BCUT2D eigenvalue weighted by molar-refractivity contribution is 6.30. The molecule has 0 aromatic carbocycles. The summed E-state index contributed by atoms with van der Waals surface area (Å²) < 4.78 is 10.7. The molecule has 0 atom stereocenters. The second-order valence-electron chi connectivity index (χ2n) is 5.86. The molecule has 1 aliphatic heterocycles. The number of pyridine rings is 1. The van der Waals surface area contributed by atoms with Crippen LogP contribution in [0.15, 0.2) is 12.3 Å². The molecule has 0 bridgehead atoms. The Hall–Kier alpha value is -2.09. The van der Waals surface area contributed by atoms with Crippen molar-refractivity contribution in [2.75, 3.05) is 13.1 Å². The van der Waals surface area contributed by atoms with Gasteiger partial charge in [0.1, 0.15) is 11.7 Å². The molecule has 120 valence electrons. The van der Waals surface area contributed by atoms with Gasteiger partial charge >= 0.3 is 11.8 Å². The molecule has 2 rings (SSSR count). The van der Waals surface area contributed by atoms with E-state index < -0.39 is 16.6 Å². The zero-order valence-electron chi connectivity index (χ0n) is 12.4. The number of likely N-dealkylation sites (tertiary alicyclic amines) is 1. The molecule has 1 fully saturated rings. The molecule has 8 nitrogen and oxygen atoms in total. The fraction of sp³-hybridized carbons (Fsp3) is 0.538. The summed E-state index contributed by atoms with van der Waals surface area (Å²) >= 11 is 5.68. The molecule has 1 aliphatic rings. The number of aromatic nitrogens is 1. The van der Waals surface area contributed by atoms with Crippen LogP contribution in [0.4, 0.5) is 10.5 Å². The number of rotatable bonds is 3. The average Bonchev–Trinajstić information content (AvgIpc) is 2.31. The molecular formula is C13H16ClN3O5. The Morgan fingerprint density at radius 2 is 2.14 bits per heavy atom. The van der Waals surface area contributed by atoms with Crippen LogP contribution in [-0.4, -0.2) is 45.7 Å². The first-order valence-electron chi connectivity index (χ1n) is 6.60. The van der Waals surface area contributed by atoms with Gasteiger partial charge in [0.05, 0.1) is 29.2 Å². The van der Waals surface area contributed by atoms with Gasteiger partial charge in [-0.05, 0) is 20.8 Å². The van der Waals surface area contributed by atoms with E-state index in [1.54, 1.807) is 20.8 Å². The summed E-state index contributed by atoms with van der Waals surface area (Å²) in [6, 6.07) is 1.17. The lowest BCUT2D eigenvalue weighted by atomic mass is 10.1. The van der Waals surface area contributed by atoms with E-state index in [4.69, 9.17) is 21.1 Å². The van der Waals surface area contributed by atoms with Crippen molar-refractivity contribution < 1.29 is 19.2 Å². The van der Waals surface area contributed by atoms with Gasteiger partial charge in [-0.25, -0.2) is 9.78 Å². The fourth-order valence-corrected chi connectivity index (χ4v) is 1.94. The van der Waals surface area contributed by atoms with Crippen molar-refractivity contribution in [1.29, 1.82) is 0 Å². The Morgan fingerprint density at radius 3 is 2.68 bits per heavy atom. The van der Waals surface area contributed by atoms with Gasteiger partial charge in [0.2, 0.25) is 0 Å². The largest absolute Gasteiger partial charge is 0.466 e. The van der Waals surface area contributed by atoms with Crippen LogP contribution in [0, 0.1) is 10.1 Å². The summed E-state index contributed by atoms with van der Waals surface area (Å²) in [5.41, 5.74) is -0.872. The summed E-state index contributed by atoms with van der Waals surface area (Å²) in [7, 11) is 0. The number of carbonyl (C=O) groups excluding carboxylic acids is 1. The van der Waals surface area contributed by atoms with Crippen LogP contribution in [0.3, 0.4) is 0 Å². The summed E-state index contributed by atoms with van der Waals surface area (Å²) in [6.45, 7) is 5.91. The van der Waals surface area contributed by atoms with Crippen LogP contribution < -0.4 is 4.74 Å². The van der Waals surface area contributed by atoms with E-state index in [1.165, 1.54) is 17.2 Å². The smallest absolute Gasteiger partial charge is 0.410 e. The Kier molecular flexibility index (Phi) is 4.41. The summed E-state index contributed by atoms with van der Waals surface area (Å²) in [5.74, 6) is -0.108. The van der Waals surface area contributed by atoms with Gasteiger partial charge in [0.15, 0.2) is 0 Å². The van der Waals surface area contributed by atoms with E-state index in [2.05, 4.69) is 4.98 Å². The Bertz CT molecular complexity index is 596. The standard InChI is InChI=1S/C13H16ClN3O5/c1-13(2,3)22-12(18)16-6-9(7-16)21-11-10(17(19)20)4-8(14)5-15-11/h4-5,9H,6-7H2,1-3H3. The number of hydrogen-bond donors (Lipinski definition) is 0. The molecule has 0 N–H and O–H groups in total. The quantitative estimate of drug-likeness (QED) is 0.625. The molecule has 1 saturated heterocycles. The lowest BCUT2D eigenvalue weighted by Crippen LogP contribution is -2.57. The van der Waals surface area contributed by atoms with E-state index in [-0.39, 0.29) is 35.8 Å². The molecule has 0 aliphatic carbocycles. The lowest BCUT2D eigenvalue weighted by molar-refractivity contribution is -0.386. The second kappa shape index (κ2) is 5.96. The van der Waals surface area contributed by atoms with Crippen molar-refractivity contribution >= 4 is 23.4 Å². The first-order valence-corrected chi connectivity index (χ1v) is 6.98. The van der Waals surface area contributed by atoms with E-state index >= 15 is 0 Å². The van der Waals surface area contributed by atoms with Crippen molar-refractivity contribution in [3.8, 4) is 5.88 Å². The van der Waals surface area contributed by atoms with E-state index in [9.17, 15) is 14.9 Å². The van der Waals surface area contributed by atoms with Crippen LogP contribution in [0.1, 0.15) is 20.8 Å². The molecule has 2 heterocycles. The third-order valence-corrected chi connectivity index (χ3v) is 2.98. The lowest BCUT2D eigenvalue weighted by Gasteiger charge is -2.38. The molecular weight excluding hydrogens is 314 g/mol. The maximum absolute atomic E-state index is 11.8. The van der Waals surface area contributed by atoms with Gasteiger partial charge < -0.3 is 14.4 Å². The molecule has 1 aromatic rings. The molecule has 0 unspecified atom stereocenters. The second-order valence-corrected chi connectivity index (χ2v) is 6.30. The molecule has 0 saturated carbocycles. The molecule has 9 heteroatoms. The normalized spacial score (nSPS) is 15.2. The van der Waals surface area contributed by atoms with Gasteiger partial charge in [-0.1, -0.05) is 11.6 Å². The number of nitro groups is 1. The molecule has 22 heavy (non-hydrogen) atoms. The van der Waals surface area contributed by atoms with Crippen LogP contribution in [-0.2, 0) is 4.74 Å². The summed E-state index contributed by atoms with van der Waals surface area (Å²) in [6.07, 6.45) is 0.472. The predicted octanol–water partition coefficient (Wildman–Crippen LogP) is 2.64. The molecule has 0 radical (unpaired) electrons. The minimum atomic E-state index is -0.613. The van der Waals surface area contributed by atoms with Crippen LogP contribution in [0.25, 0.3) is 0 Å². The van der Waals surface area contributed by atoms with Crippen molar-refractivity contribution in [3.05, 3.63) is 27.4 Å². The molecule has 1 aromatic heterocycles. The molecule has 0 spiro atoms. The first kappa shape index (κ1) is 16.3. The number of nitrogens with zero attached hydrogens (tertiary/aromatic N) is 3. The fourth-order valence-electron chi connectivity index (χ4n) is 1.78. The van der Waals surface area contributed by atoms with E-state index in [1.807, 2.05) is 0 Å². The van der Waals surface area contributed by atoms with Gasteiger partial charge in [-0.3, -0.25) is 10.1 Å². The highest BCUT2D eigenvalue weighted by atomic mass is 35.5. The third kappa shape index (κ3) is 3.97. The maximum Gasteiger partial charge on any atom is 0.410 e. The molecule has 1 amide bonds. The zero-order chi connectivity index (χ0) is 16.5. The van der Waals surface area contributed by atoms with Crippen molar-refractivity contribution in [1.82, 2.24) is 9.88 Å².